The fraction of sp³-hybridized carbons (Fsp3) is 0.429. The third-order valence-electron chi connectivity index (χ3n) is 3.27. The maximum atomic E-state index is 11.8. The Morgan fingerprint density at radius 3 is 2.95 bits per heavy atom. The Bertz CT molecular complexity index is 507. The molecule has 1 aliphatic heterocycles. The fourth-order valence-corrected chi connectivity index (χ4v) is 2.38. The summed E-state index contributed by atoms with van der Waals surface area (Å²) in [6.07, 6.45) is 0.208. The summed E-state index contributed by atoms with van der Waals surface area (Å²) in [6.45, 7) is 1.56. The largest absolute Gasteiger partial charge is 0.378 e. The molecule has 2 amide bonds. The molecule has 0 unspecified atom stereocenters. The number of nitrogens with zero attached hydrogens (tertiary/aromatic N) is 1. The van der Waals surface area contributed by atoms with Crippen molar-refractivity contribution in [2.45, 2.75) is 18.9 Å². The van der Waals surface area contributed by atoms with Crippen LogP contribution in [0.5, 0.6) is 0 Å². The van der Waals surface area contributed by atoms with Gasteiger partial charge in [-0.3, -0.25) is 9.59 Å². The molecule has 5 nitrogen and oxygen atoms in total. The van der Waals surface area contributed by atoms with Crippen LogP contribution >= 0.6 is 11.6 Å². The van der Waals surface area contributed by atoms with Crippen molar-refractivity contribution in [2.75, 3.05) is 19.6 Å². The quantitative estimate of drug-likeness (QED) is 0.855. The first kappa shape index (κ1) is 14.8. The number of carbonyl (C=O) groups excluding carboxylic acids is 2. The molecule has 0 saturated carbocycles. The number of aliphatic hydroxyl groups is 1. The Balaban J connectivity index is 1.81. The lowest BCUT2D eigenvalue weighted by atomic mass is 10.1. The van der Waals surface area contributed by atoms with Crippen LogP contribution in [0.15, 0.2) is 24.3 Å². The van der Waals surface area contributed by atoms with E-state index < -0.39 is 12.0 Å². The molecule has 1 aromatic carbocycles. The first-order valence-corrected chi connectivity index (χ1v) is 6.95. The van der Waals surface area contributed by atoms with Crippen LogP contribution in [-0.4, -0.2) is 41.5 Å². The molecule has 0 radical (unpaired) electrons. The van der Waals surface area contributed by atoms with Gasteiger partial charge in [-0.15, -0.1) is 0 Å². The van der Waals surface area contributed by atoms with Crippen LogP contribution in [0.4, 0.5) is 0 Å². The molecule has 6 heteroatoms. The van der Waals surface area contributed by atoms with Gasteiger partial charge in [0.05, 0.1) is 0 Å². The first-order chi connectivity index (χ1) is 9.58. The average molecular weight is 297 g/mol. The molecule has 1 fully saturated rings. The number of likely N-dealkylation sites (tertiary alicyclic amines) is 1. The van der Waals surface area contributed by atoms with Crippen molar-refractivity contribution in [3.63, 3.8) is 0 Å². The lowest BCUT2D eigenvalue weighted by molar-refractivity contribution is -0.131. The highest BCUT2D eigenvalue weighted by Crippen LogP contribution is 2.17. The smallest absolute Gasteiger partial charge is 0.253 e. The lowest BCUT2D eigenvalue weighted by Gasteiger charge is -2.17. The molecule has 0 aliphatic carbocycles. The molecule has 0 aromatic heterocycles. The van der Waals surface area contributed by atoms with E-state index in [9.17, 15) is 14.7 Å². The fourth-order valence-electron chi connectivity index (χ4n) is 2.18. The van der Waals surface area contributed by atoms with E-state index in [0.717, 1.165) is 13.0 Å². The molecule has 0 spiro atoms. The molecule has 1 saturated heterocycles. The van der Waals surface area contributed by atoms with Gasteiger partial charge in [0.25, 0.3) is 5.91 Å². The van der Waals surface area contributed by atoms with E-state index in [1.807, 2.05) is 0 Å². The van der Waals surface area contributed by atoms with Crippen molar-refractivity contribution in [2.24, 2.45) is 0 Å². The molecular formula is C14H17ClN2O3. The van der Waals surface area contributed by atoms with Crippen molar-refractivity contribution in [1.29, 1.82) is 0 Å². The minimum atomic E-state index is -1.25. The van der Waals surface area contributed by atoms with Crippen LogP contribution in [0, 0.1) is 0 Å². The van der Waals surface area contributed by atoms with Crippen LogP contribution in [0.1, 0.15) is 24.5 Å². The van der Waals surface area contributed by atoms with Crippen molar-refractivity contribution in [3.05, 3.63) is 34.9 Å². The number of hydrogen-bond acceptors (Lipinski definition) is 3. The maximum absolute atomic E-state index is 11.8. The van der Waals surface area contributed by atoms with Gasteiger partial charge in [0.2, 0.25) is 5.91 Å². The molecule has 0 bridgehead atoms. The number of nitrogens with one attached hydrogen (secondary N) is 1. The summed E-state index contributed by atoms with van der Waals surface area (Å²) in [5.74, 6) is -0.367. The predicted octanol–water partition coefficient (Wildman–Crippen LogP) is 1.11. The normalized spacial score (nSPS) is 16.3. The summed E-state index contributed by atoms with van der Waals surface area (Å²) in [4.78, 5) is 24.9. The van der Waals surface area contributed by atoms with E-state index >= 15 is 0 Å². The molecule has 108 valence electrons. The number of aliphatic hydroxyl groups excluding tert-OH is 1. The summed E-state index contributed by atoms with van der Waals surface area (Å²) < 4.78 is 0. The Hall–Kier alpha value is -1.59. The number of hydrogen-bond donors (Lipinski definition) is 2. The van der Waals surface area contributed by atoms with Crippen LogP contribution in [0.3, 0.4) is 0 Å². The SMILES string of the molecule is O=C(NCCN1CCCC1=O)[C@@H](O)c1cccc(Cl)c1. The molecule has 20 heavy (non-hydrogen) atoms. The zero-order chi connectivity index (χ0) is 14.5. The lowest BCUT2D eigenvalue weighted by Crippen LogP contribution is -2.37. The summed E-state index contributed by atoms with van der Waals surface area (Å²) in [6, 6.07) is 6.54. The van der Waals surface area contributed by atoms with E-state index in [-0.39, 0.29) is 5.91 Å². The number of carbonyl (C=O) groups is 2. The van der Waals surface area contributed by atoms with E-state index in [0.29, 0.717) is 30.1 Å². The van der Waals surface area contributed by atoms with Crippen LogP contribution in [-0.2, 0) is 9.59 Å². The van der Waals surface area contributed by atoms with Gasteiger partial charge in [-0.2, -0.15) is 0 Å². The molecule has 1 atom stereocenters. The van der Waals surface area contributed by atoms with Crippen LogP contribution < -0.4 is 5.32 Å². The van der Waals surface area contributed by atoms with Gasteiger partial charge in [-0.25, -0.2) is 0 Å². The molecule has 1 aliphatic rings. The standard InChI is InChI=1S/C14H17ClN2O3/c15-11-4-1-3-10(9-11)13(19)14(20)16-6-8-17-7-2-5-12(17)18/h1,3-4,9,13,19H,2,5-8H2,(H,16,20)/t13-/m0/s1. The van der Waals surface area contributed by atoms with Crippen LogP contribution in [0.2, 0.25) is 5.02 Å². The summed E-state index contributed by atoms with van der Waals surface area (Å²) >= 11 is 5.81. The Morgan fingerprint density at radius 1 is 1.50 bits per heavy atom. The number of amides is 2. The van der Waals surface area contributed by atoms with Gasteiger partial charge < -0.3 is 15.3 Å². The molecule has 1 heterocycles. The average Bonchev–Trinajstić information content (AvgIpc) is 2.83. The molecule has 2 N–H and O–H groups in total. The topological polar surface area (TPSA) is 69.6 Å². The summed E-state index contributed by atoms with van der Waals surface area (Å²) in [5, 5.41) is 13.0. The second kappa shape index (κ2) is 6.72. The number of halogens is 1. The predicted molar refractivity (Wildman–Crippen MR) is 75.2 cm³/mol. The maximum Gasteiger partial charge on any atom is 0.253 e. The molecule has 2 rings (SSSR count). The highest BCUT2D eigenvalue weighted by molar-refractivity contribution is 6.30. The van der Waals surface area contributed by atoms with E-state index in [4.69, 9.17) is 11.6 Å². The minimum Gasteiger partial charge on any atom is -0.378 e. The third-order valence-corrected chi connectivity index (χ3v) is 3.50. The Kier molecular flexibility index (Phi) is 4.98. The monoisotopic (exact) mass is 296 g/mol. The molecular weight excluding hydrogens is 280 g/mol. The van der Waals surface area contributed by atoms with E-state index in [2.05, 4.69) is 5.32 Å². The summed E-state index contributed by atoms with van der Waals surface area (Å²) in [7, 11) is 0. The van der Waals surface area contributed by atoms with Gasteiger partial charge in [-0.1, -0.05) is 23.7 Å². The zero-order valence-electron chi connectivity index (χ0n) is 11.0. The van der Waals surface area contributed by atoms with Gasteiger partial charge in [-0.05, 0) is 24.1 Å². The van der Waals surface area contributed by atoms with Crippen LogP contribution in [0.25, 0.3) is 0 Å². The van der Waals surface area contributed by atoms with Gasteiger partial charge in [0.15, 0.2) is 6.10 Å². The van der Waals surface area contributed by atoms with Crippen molar-refractivity contribution >= 4 is 23.4 Å². The second-order valence-electron chi connectivity index (χ2n) is 4.73. The van der Waals surface area contributed by atoms with Gasteiger partial charge >= 0.3 is 0 Å². The second-order valence-corrected chi connectivity index (χ2v) is 5.17. The first-order valence-electron chi connectivity index (χ1n) is 6.57. The number of benzene rings is 1. The van der Waals surface area contributed by atoms with E-state index in [1.165, 1.54) is 0 Å². The summed E-state index contributed by atoms with van der Waals surface area (Å²) in [5.41, 5.74) is 0.451. The van der Waals surface area contributed by atoms with E-state index in [1.54, 1.807) is 29.2 Å². The Labute approximate surface area is 122 Å². The minimum absolute atomic E-state index is 0.120. The van der Waals surface area contributed by atoms with Gasteiger partial charge in [0, 0.05) is 31.1 Å². The van der Waals surface area contributed by atoms with Crippen molar-refractivity contribution in [3.8, 4) is 0 Å². The Morgan fingerprint density at radius 2 is 2.30 bits per heavy atom. The number of rotatable bonds is 5. The van der Waals surface area contributed by atoms with Crippen molar-refractivity contribution in [1.82, 2.24) is 10.2 Å². The van der Waals surface area contributed by atoms with Gasteiger partial charge in [0.1, 0.15) is 0 Å². The third kappa shape index (κ3) is 3.71. The van der Waals surface area contributed by atoms with Crippen molar-refractivity contribution < 1.29 is 14.7 Å². The highest BCUT2D eigenvalue weighted by atomic mass is 35.5. The highest BCUT2D eigenvalue weighted by Gasteiger charge is 2.21. The zero-order valence-corrected chi connectivity index (χ0v) is 11.8. The molecule has 1 aromatic rings.